The Bertz CT molecular complexity index is 437. The fourth-order valence-electron chi connectivity index (χ4n) is 4.38. The fraction of sp³-hybridized carbons (Fsp3) is 0.895. The first-order chi connectivity index (χ1) is 12.2. The summed E-state index contributed by atoms with van der Waals surface area (Å²) < 4.78 is 0. The van der Waals surface area contributed by atoms with E-state index in [9.17, 15) is 9.59 Å². The second kappa shape index (κ2) is 9.41. The third-order valence-corrected chi connectivity index (χ3v) is 6.05. The third kappa shape index (κ3) is 5.87. The number of carbonyl (C=O) groups is 2. The Morgan fingerprint density at radius 2 is 1.60 bits per heavy atom. The monoisotopic (exact) mass is 350 g/mol. The normalized spacial score (nSPS) is 25.8. The standard InChI is InChI=1S/C19H34N4O2/c24-18(7-6-15-8-11-20-14-15)23-12-9-17(10-13-23)22-19(25)21-16-4-2-1-3-5-16/h15-17,20H,1-14H2,(H2,21,22,25). The van der Waals surface area contributed by atoms with Gasteiger partial charge < -0.3 is 20.9 Å². The Morgan fingerprint density at radius 3 is 2.24 bits per heavy atom. The highest BCUT2D eigenvalue weighted by atomic mass is 16.2. The number of amides is 3. The molecule has 25 heavy (non-hydrogen) atoms. The molecule has 3 rings (SSSR count). The molecule has 2 heterocycles. The number of piperidine rings is 1. The number of urea groups is 1. The van der Waals surface area contributed by atoms with Gasteiger partial charge in [-0.2, -0.15) is 0 Å². The van der Waals surface area contributed by atoms with E-state index in [1.165, 1.54) is 25.7 Å². The van der Waals surface area contributed by atoms with Gasteiger partial charge in [-0.25, -0.2) is 4.79 Å². The molecule has 0 radical (unpaired) electrons. The van der Waals surface area contributed by atoms with E-state index in [-0.39, 0.29) is 18.0 Å². The number of nitrogens with zero attached hydrogens (tertiary/aromatic N) is 1. The van der Waals surface area contributed by atoms with Gasteiger partial charge in [0, 0.05) is 31.6 Å². The zero-order valence-electron chi connectivity index (χ0n) is 15.4. The van der Waals surface area contributed by atoms with Crippen molar-refractivity contribution in [1.29, 1.82) is 0 Å². The molecule has 0 bridgehead atoms. The molecular weight excluding hydrogens is 316 g/mol. The molecule has 3 aliphatic rings. The summed E-state index contributed by atoms with van der Waals surface area (Å²) in [5.74, 6) is 0.962. The maximum Gasteiger partial charge on any atom is 0.315 e. The molecule has 0 aromatic carbocycles. The van der Waals surface area contributed by atoms with Gasteiger partial charge in [0.25, 0.3) is 0 Å². The summed E-state index contributed by atoms with van der Waals surface area (Å²) in [7, 11) is 0. The van der Waals surface area contributed by atoms with Crippen LogP contribution in [0.4, 0.5) is 4.79 Å². The van der Waals surface area contributed by atoms with Crippen LogP contribution in [0.25, 0.3) is 0 Å². The zero-order chi connectivity index (χ0) is 17.5. The predicted molar refractivity (Wildman–Crippen MR) is 98.4 cm³/mol. The van der Waals surface area contributed by atoms with Crippen LogP contribution in [0.5, 0.6) is 0 Å². The minimum atomic E-state index is -0.0228. The van der Waals surface area contributed by atoms with Crippen molar-refractivity contribution in [1.82, 2.24) is 20.9 Å². The Morgan fingerprint density at radius 1 is 0.920 bits per heavy atom. The Hall–Kier alpha value is -1.30. The summed E-state index contributed by atoms with van der Waals surface area (Å²) in [5, 5.41) is 9.58. The van der Waals surface area contributed by atoms with Crippen molar-refractivity contribution in [3.05, 3.63) is 0 Å². The van der Waals surface area contributed by atoms with E-state index in [2.05, 4.69) is 16.0 Å². The van der Waals surface area contributed by atoms with Crippen molar-refractivity contribution in [3.63, 3.8) is 0 Å². The van der Waals surface area contributed by atoms with Crippen LogP contribution in [0.3, 0.4) is 0 Å². The number of hydrogen-bond acceptors (Lipinski definition) is 3. The molecule has 1 unspecified atom stereocenters. The summed E-state index contributed by atoms with van der Waals surface area (Å²) in [6.45, 7) is 3.71. The first-order valence-corrected chi connectivity index (χ1v) is 10.3. The molecule has 142 valence electrons. The number of rotatable bonds is 5. The van der Waals surface area contributed by atoms with Crippen LogP contribution in [0, 0.1) is 5.92 Å². The molecule has 3 N–H and O–H groups in total. The molecule has 3 amide bonds. The van der Waals surface area contributed by atoms with E-state index < -0.39 is 0 Å². The van der Waals surface area contributed by atoms with Crippen molar-refractivity contribution in [3.8, 4) is 0 Å². The number of hydrogen-bond donors (Lipinski definition) is 3. The van der Waals surface area contributed by atoms with E-state index in [0.717, 1.165) is 58.3 Å². The van der Waals surface area contributed by atoms with Crippen LogP contribution in [-0.2, 0) is 4.79 Å². The van der Waals surface area contributed by atoms with Crippen molar-refractivity contribution in [2.24, 2.45) is 5.92 Å². The largest absolute Gasteiger partial charge is 0.343 e. The van der Waals surface area contributed by atoms with Crippen molar-refractivity contribution in [2.45, 2.75) is 76.3 Å². The molecule has 1 atom stereocenters. The van der Waals surface area contributed by atoms with Crippen molar-refractivity contribution in [2.75, 3.05) is 26.2 Å². The molecule has 0 aromatic rings. The van der Waals surface area contributed by atoms with E-state index in [0.29, 0.717) is 18.4 Å². The first-order valence-electron chi connectivity index (χ1n) is 10.3. The minimum Gasteiger partial charge on any atom is -0.343 e. The van der Waals surface area contributed by atoms with Crippen LogP contribution in [-0.4, -0.2) is 55.1 Å². The summed E-state index contributed by atoms with van der Waals surface area (Å²) in [6, 6.07) is 0.526. The molecule has 2 aliphatic heterocycles. The zero-order valence-corrected chi connectivity index (χ0v) is 15.4. The van der Waals surface area contributed by atoms with Crippen LogP contribution in [0.15, 0.2) is 0 Å². The highest BCUT2D eigenvalue weighted by Crippen LogP contribution is 2.19. The van der Waals surface area contributed by atoms with Crippen LogP contribution in [0.2, 0.25) is 0 Å². The molecule has 6 heteroatoms. The first kappa shape index (κ1) is 18.5. The Kier molecular flexibility index (Phi) is 6.96. The SMILES string of the molecule is O=C(NC1CCCCC1)NC1CCN(C(=O)CCC2CCNC2)CC1. The average molecular weight is 351 g/mol. The van der Waals surface area contributed by atoms with Crippen LogP contribution >= 0.6 is 0 Å². The average Bonchev–Trinajstić information content (AvgIpc) is 3.14. The third-order valence-electron chi connectivity index (χ3n) is 6.05. The van der Waals surface area contributed by atoms with Crippen molar-refractivity contribution < 1.29 is 9.59 Å². The Balaban J connectivity index is 1.30. The molecular formula is C19H34N4O2. The molecule has 1 saturated carbocycles. The van der Waals surface area contributed by atoms with Crippen LogP contribution in [0.1, 0.15) is 64.2 Å². The number of carbonyl (C=O) groups excluding carboxylic acids is 2. The summed E-state index contributed by atoms with van der Waals surface area (Å²) >= 11 is 0. The topological polar surface area (TPSA) is 73.5 Å². The van der Waals surface area contributed by atoms with Gasteiger partial charge in [0.05, 0.1) is 0 Å². The molecule has 3 fully saturated rings. The fourth-order valence-corrected chi connectivity index (χ4v) is 4.38. The molecule has 0 aromatic heterocycles. The maximum absolute atomic E-state index is 12.4. The van der Waals surface area contributed by atoms with E-state index >= 15 is 0 Å². The maximum atomic E-state index is 12.4. The number of likely N-dealkylation sites (tertiary alicyclic amines) is 1. The lowest BCUT2D eigenvalue weighted by Crippen LogP contribution is -2.51. The smallest absolute Gasteiger partial charge is 0.315 e. The van der Waals surface area contributed by atoms with E-state index in [1.807, 2.05) is 4.90 Å². The second-order valence-corrected chi connectivity index (χ2v) is 8.01. The van der Waals surface area contributed by atoms with Crippen molar-refractivity contribution >= 4 is 11.9 Å². The lowest BCUT2D eigenvalue weighted by atomic mass is 9.96. The summed E-state index contributed by atoms with van der Waals surface area (Å²) in [5.41, 5.74) is 0. The van der Waals surface area contributed by atoms with Crippen LogP contribution < -0.4 is 16.0 Å². The highest BCUT2D eigenvalue weighted by Gasteiger charge is 2.25. The second-order valence-electron chi connectivity index (χ2n) is 8.01. The van der Waals surface area contributed by atoms with Gasteiger partial charge in [-0.1, -0.05) is 19.3 Å². The molecule has 0 spiro atoms. The van der Waals surface area contributed by atoms with E-state index in [4.69, 9.17) is 0 Å². The molecule has 6 nitrogen and oxygen atoms in total. The van der Waals surface area contributed by atoms with Gasteiger partial charge in [0.2, 0.25) is 5.91 Å². The van der Waals surface area contributed by atoms with Gasteiger partial charge in [0.1, 0.15) is 0 Å². The summed E-state index contributed by atoms with van der Waals surface area (Å²) in [4.78, 5) is 26.5. The number of nitrogens with one attached hydrogen (secondary N) is 3. The van der Waals surface area contributed by atoms with Gasteiger partial charge >= 0.3 is 6.03 Å². The lowest BCUT2D eigenvalue weighted by Gasteiger charge is -2.33. The van der Waals surface area contributed by atoms with Gasteiger partial charge in [-0.3, -0.25) is 4.79 Å². The van der Waals surface area contributed by atoms with Gasteiger partial charge in [-0.15, -0.1) is 0 Å². The molecule has 2 saturated heterocycles. The highest BCUT2D eigenvalue weighted by molar-refractivity contribution is 5.76. The predicted octanol–water partition coefficient (Wildman–Crippen LogP) is 2.00. The van der Waals surface area contributed by atoms with Gasteiger partial charge in [0.15, 0.2) is 0 Å². The molecule has 1 aliphatic carbocycles. The summed E-state index contributed by atoms with van der Waals surface area (Å²) in [6.07, 6.45) is 10.6. The Labute approximate surface area is 151 Å². The minimum absolute atomic E-state index is 0.0228. The lowest BCUT2D eigenvalue weighted by molar-refractivity contribution is -0.132. The van der Waals surface area contributed by atoms with Gasteiger partial charge in [-0.05, 0) is 57.5 Å². The quantitative estimate of drug-likeness (QED) is 0.710. The van der Waals surface area contributed by atoms with E-state index in [1.54, 1.807) is 0 Å².